The standard InChI is InChI=1S/C21H30ClN3S2/c1-14-13-25(19(26)23-18-7-5-6-16(22)12-18)20(27-14)24-17-10-8-15(9-11-17)21(2,3)4/h5-7,12,14-15,17H,8-11,13H2,1-4H3,(H,23,26)/b24-20+. The maximum atomic E-state index is 6.09. The summed E-state index contributed by atoms with van der Waals surface area (Å²) < 4.78 is 0. The van der Waals surface area contributed by atoms with Gasteiger partial charge < -0.3 is 5.32 Å². The van der Waals surface area contributed by atoms with Crippen LogP contribution in [0.15, 0.2) is 29.3 Å². The predicted octanol–water partition coefficient (Wildman–Crippen LogP) is 6.44. The molecule has 1 aromatic carbocycles. The second kappa shape index (κ2) is 8.71. The van der Waals surface area contributed by atoms with E-state index in [1.807, 2.05) is 36.0 Å². The number of nitrogens with one attached hydrogen (secondary N) is 1. The summed E-state index contributed by atoms with van der Waals surface area (Å²) in [4.78, 5) is 7.27. The SMILES string of the molecule is CC1CN(C(=S)Nc2cccc(Cl)c2)/C(=N\C2CCC(C(C)(C)C)CC2)S1. The van der Waals surface area contributed by atoms with Crippen molar-refractivity contribution in [2.75, 3.05) is 11.9 Å². The molecule has 27 heavy (non-hydrogen) atoms. The van der Waals surface area contributed by atoms with Gasteiger partial charge in [-0.2, -0.15) is 0 Å². The molecule has 1 atom stereocenters. The summed E-state index contributed by atoms with van der Waals surface area (Å²) in [6, 6.07) is 8.09. The number of hydrogen-bond acceptors (Lipinski definition) is 3. The van der Waals surface area contributed by atoms with Gasteiger partial charge in [-0.15, -0.1) is 0 Å². The van der Waals surface area contributed by atoms with Gasteiger partial charge in [0.1, 0.15) is 0 Å². The second-order valence-corrected chi connectivity index (χ2v) is 11.0. The molecule has 2 fully saturated rings. The quantitative estimate of drug-likeness (QED) is 0.554. The lowest BCUT2D eigenvalue weighted by Gasteiger charge is -2.36. The van der Waals surface area contributed by atoms with E-state index in [0.717, 1.165) is 23.3 Å². The van der Waals surface area contributed by atoms with Crippen LogP contribution >= 0.6 is 35.6 Å². The number of nitrogens with zero attached hydrogens (tertiary/aromatic N) is 2. The Kier molecular flexibility index (Phi) is 6.75. The molecule has 1 aliphatic heterocycles. The molecule has 1 unspecified atom stereocenters. The van der Waals surface area contributed by atoms with Gasteiger partial charge in [-0.25, -0.2) is 0 Å². The molecule has 1 saturated carbocycles. The topological polar surface area (TPSA) is 27.6 Å². The summed E-state index contributed by atoms with van der Waals surface area (Å²) in [5.41, 5.74) is 1.32. The minimum atomic E-state index is 0.406. The highest BCUT2D eigenvalue weighted by atomic mass is 35.5. The molecule has 0 spiro atoms. The van der Waals surface area contributed by atoms with E-state index in [4.69, 9.17) is 28.8 Å². The molecule has 1 saturated heterocycles. The van der Waals surface area contributed by atoms with E-state index in [-0.39, 0.29) is 0 Å². The molecule has 148 valence electrons. The highest BCUT2D eigenvalue weighted by molar-refractivity contribution is 8.14. The van der Waals surface area contributed by atoms with Gasteiger partial charge in [-0.3, -0.25) is 9.89 Å². The lowest BCUT2D eigenvalue weighted by Crippen LogP contribution is -2.37. The summed E-state index contributed by atoms with van der Waals surface area (Å²) in [5.74, 6) is 0.811. The van der Waals surface area contributed by atoms with E-state index >= 15 is 0 Å². The Balaban J connectivity index is 1.65. The Bertz CT molecular complexity index is 706. The molecule has 0 bridgehead atoms. The molecule has 3 rings (SSSR count). The first-order chi connectivity index (χ1) is 12.7. The number of amidine groups is 1. The van der Waals surface area contributed by atoms with Crippen LogP contribution in [0.25, 0.3) is 0 Å². The largest absolute Gasteiger partial charge is 0.332 e. The van der Waals surface area contributed by atoms with Gasteiger partial charge in [0, 0.05) is 22.5 Å². The van der Waals surface area contributed by atoms with Crippen LogP contribution in [0.4, 0.5) is 5.69 Å². The van der Waals surface area contributed by atoms with Crippen LogP contribution in [-0.2, 0) is 0 Å². The first kappa shape index (κ1) is 20.9. The summed E-state index contributed by atoms with van der Waals surface area (Å²) in [7, 11) is 0. The van der Waals surface area contributed by atoms with E-state index in [0.29, 0.717) is 26.8 Å². The van der Waals surface area contributed by atoms with Crippen molar-refractivity contribution in [2.24, 2.45) is 16.3 Å². The highest BCUT2D eigenvalue weighted by Gasteiger charge is 2.32. The third-order valence-electron chi connectivity index (χ3n) is 5.51. The van der Waals surface area contributed by atoms with Gasteiger partial charge in [-0.1, -0.05) is 57.1 Å². The van der Waals surface area contributed by atoms with Gasteiger partial charge in [-0.05, 0) is 67.4 Å². The number of rotatable bonds is 2. The van der Waals surface area contributed by atoms with Crippen molar-refractivity contribution in [3.8, 4) is 0 Å². The van der Waals surface area contributed by atoms with Crippen molar-refractivity contribution >= 4 is 51.5 Å². The van der Waals surface area contributed by atoms with Crippen molar-refractivity contribution in [1.29, 1.82) is 0 Å². The first-order valence-electron chi connectivity index (χ1n) is 9.81. The zero-order valence-electron chi connectivity index (χ0n) is 16.7. The summed E-state index contributed by atoms with van der Waals surface area (Å²) in [6.07, 6.45) is 4.91. The fourth-order valence-corrected chi connectivity index (χ4v) is 5.48. The molecular weight excluding hydrogens is 394 g/mol. The number of thioether (sulfide) groups is 1. The molecule has 3 nitrogen and oxygen atoms in total. The van der Waals surface area contributed by atoms with Crippen LogP contribution in [-0.4, -0.2) is 33.0 Å². The van der Waals surface area contributed by atoms with Crippen molar-refractivity contribution in [3.05, 3.63) is 29.3 Å². The molecule has 1 N–H and O–H groups in total. The molecule has 1 heterocycles. The van der Waals surface area contributed by atoms with Crippen LogP contribution in [0.3, 0.4) is 0 Å². The van der Waals surface area contributed by atoms with E-state index in [2.05, 4.69) is 37.9 Å². The van der Waals surface area contributed by atoms with Crippen LogP contribution in [0, 0.1) is 11.3 Å². The zero-order chi connectivity index (χ0) is 19.6. The van der Waals surface area contributed by atoms with Gasteiger partial charge in [0.2, 0.25) is 0 Å². The van der Waals surface area contributed by atoms with Crippen LogP contribution < -0.4 is 5.32 Å². The predicted molar refractivity (Wildman–Crippen MR) is 124 cm³/mol. The number of halogens is 1. The maximum Gasteiger partial charge on any atom is 0.179 e. The van der Waals surface area contributed by atoms with Gasteiger partial charge in [0.15, 0.2) is 10.3 Å². The number of hydrogen-bond donors (Lipinski definition) is 1. The summed E-state index contributed by atoms with van der Waals surface area (Å²) in [5, 5.41) is 6.29. The minimum absolute atomic E-state index is 0.406. The maximum absolute atomic E-state index is 6.09. The third-order valence-corrected chi connectivity index (χ3v) is 7.16. The molecular formula is C21H30ClN3S2. The highest BCUT2D eigenvalue weighted by Crippen LogP contribution is 2.39. The molecule has 1 aromatic rings. The Morgan fingerprint density at radius 1 is 1.26 bits per heavy atom. The molecule has 0 amide bonds. The molecule has 6 heteroatoms. The number of anilines is 1. The molecule has 0 radical (unpaired) electrons. The lowest BCUT2D eigenvalue weighted by molar-refractivity contribution is 0.170. The molecule has 2 aliphatic rings. The fraction of sp³-hybridized carbons (Fsp3) is 0.619. The van der Waals surface area contributed by atoms with E-state index in [1.165, 1.54) is 25.7 Å². The van der Waals surface area contributed by atoms with Crippen molar-refractivity contribution in [3.63, 3.8) is 0 Å². The van der Waals surface area contributed by atoms with Crippen molar-refractivity contribution < 1.29 is 0 Å². The smallest absolute Gasteiger partial charge is 0.179 e. The molecule has 0 aromatic heterocycles. The van der Waals surface area contributed by atoms with Crippen LogP contribution in [0.5, 0.6) is 0 Å². The van der Waals surface area contributed by atoms with Gasteiger partial charge in [0.05, 0.1) is 6.04 Å². The average molecular weight is 424 g/mol. The minimum Gasteiger partial charge on any atom is -0.332 e. The first-order valence-corrected chi connectivity index (χ1v) is 11.5. The monoisotopic (exact) mass is 423 g/mol. The number of benzene rings is 1. The van der Waals surface area contributed by atoms with Crippen LogP contribution in [0.1, 0.15) is 53.4 Å². The van der Waals surface area contributed by atoms with Crippen molar-refractivity contribution in [2.45, 2.75) is 64.7 Å². The Hall–Kier alpha value is -0.780. The van der Waals surface area contributed by atoms with E-state index in [9.17, 15) is 0 Å². The number of thiocarbonyl (C=S) groups is 1. The second-order valence-electron chi connectivity index (χ2n) is 8.76. The normalized spacial score (nSPS) is 27.8. The van der Waals surface area contributed by atoms with Crippen molar-refractivity contribution in [1.82, 2.24) is 4.90 Å². The average Bonchev–Trinajstić information content (AvgIpc) is 2.95. The fourth-order valence-electron chi connectivity index (χ4n) is 3.87. The van der Waals surface area contributed by atoms with E-state index < -0.39 is 0 Å². The summed E-state index contributed by atoms with van der Waals surface area (Å²) >= 11 is 13.6. The van der Waals surface area contributed by atoms with Gasteiger partial charge >= 0.3 is 0 Å². The third kappa shape index (κ3) is 5.61. The Labute approximate surface area is 178 Å². The lowest BCUT2D eigenvalue weighted by atomic mass is 9.71. The summed E-state index contributed by atoms with van der Waals surface area (Å²) in [6.45, 7) is 10.2. The zero-order valence-corrected chi connectivity index (χ0v) is 19.1. The molecule has 1 aliphatic carbocycles. The van der Waals surface area contributed by atoms with Crippen LogP contribution in [0.2, 0.25) is 5.02 Å². The van der Waals surface area contributed by atoms with Gasteiger partial charge in [0.25, 0.3) is 0 Å². The Morgan fingerprint density at radius 3 is 2.59 bits per heavy atom. The van der Waals surface area contributed by atoms with E-state index in [1.54, 1.807) is 0 Å². The number of aliphatic imine (C=N–C) groups is 1. The Morgan fingerprint density at radius 2 is 1.96 bits per heavy atom.